The molecule has 0 atom stereocenters. The summed E-state index contributed by atoms with van der Waals surface area (Å²) in [6, 6.07) is 10.7. The van der Waals surface area contributed by atoms with E-state index in [-0.39, 0.29) is 5.75 Å². The van der Waals surface area contributed by atoms with Gasteiger partial charge in [0.05, 0.1) is 5.75 Å². The van der Waals surface area contributed by atoms with E-state index >= 15 is 0 Å². The van der Waals surface area contributed by atoms with Crippen LogP contribution < -0.4 is 0 Å². The molecule has 118 valence electrons. The van der Waals surface area contributed by atoms with Crippen LogP contribution in [0.3, 0.4) is 0 Å². The number of hydrogen-bond acceptors (Lipinski definition) is 3. The third-order valence-corrected chi connectivity index (χ3v) is 5.59. The fourth-order valence-electron chi connectivity index (χ4n) is 2.18. The largest absolute Gasteiger partial charge is 0.265 e. The van der Waals surface area contributed by atoms with Gasteiger partial charge in [-0.1, -0.05) is 30.7 Å². The number of nitrogens with zero attached hydrogens (tertiary/aromatic N) is 2. The van der Waals surface area contributed by atoms with Gasteiger partial charge in [0.15, 0.2) is 0 Å². The van der Waals surface area contributed by atoms with Crippen molar-refractivity contribution in [2.75, 3.05) is 13.1 Å². The van der Waals surface area contributed by atoms with Crippen molar-refractivity contribution in [3.05, 3.63) is 64.9 Å². The molecule has 6 heteroatoms. The predicted octanol–water partition coefficient (Wildman–Crippen LogP) is 3.13. The van der Waals surface area contributed by atoms with E-state index in [1.807, 2.05) is 19.1 Å². The molecule has 0 saturated carbocycles. The zero-order valence-corrected chi connectivity index (χ0v) is 14.0. The number of pyridine rings is 1. The van der Waals surface area contributed by atoms with Crippen LogP contribution in [0.4, 0.5) is 0 Å². The Morgan fingerprint density at radius 2 is 1.68 bits per heavy atom. The molecule has 0 aliphatic rings. The summed E-state index contributed by atoms with van der Waals surface area (Å²) in [6.07, 6.45) is 4.11. The van der Waals surface area contributed by atoms with Crippen molar-refractivity contribution < 1.29 is 8.42 Å². The van der Waals surface area contributed by atoms with E-state index in [4.69, 9.17) is 11.6 Å². The monoisotopic (exact) mass is 338 g/mol. The average molecular weight is 339 g/mol. The maximum atomic E-state index is 12.5. The van der Waals surface area contributed by atoms with E-state index in [1.165, 1.54) is 4.31 Å². The minimum absolute atomic E-state index is 0.00560. The number of benzene rings is 1. The second-order valence-electron chi connectivity index (χ2n) is 4.98. The van der Waals surface area contributed by atoms with Gasteiger partial charge in [0, 0.05) is 30.5 Å². The van der Waals surface area contributed by atoms with Gasteiger partial charge in [0.1, 0.15) is 0 Å². The zero-order valence-electron chi connectivity index (χ0n) is 12.4. The van der Waals surface area contributed by atoms with Gasteiger partial charge in [0.2, 0.25) is 10.0 Å². The van der Waals surface area contributed by atoms with Crippen molar-refractivity contribution >= 4 is 21.6 Å². The molecule has 0 unspecified atom stereocenters. The molecule has 2 aromatic rings. The average Bonchev–Trinajstić information content (AvgIpc) is 2.51. The number of aromatic nitrogens is 1. The van der Waals surface area contributed by atoms with Gasteiger partial charge < -0.3 is 0 Å². The number of hydrogen-bond donors (Lipinski definition) is 0. The molecule has 4 nitrogen and oxygen atoms in total. The first-order valence-electron chi connectivity index (χ1n) is 7.12. The van der Waals surface area contributed by atoms with Crippen molar-refractivity contribution in [2.24, 2.45) is 0 Å². The minimum atomic E-state index is -3.33. The van der Waals surface area contributed by atoms with Crippen LogP contribution in [0.5, 0.6) is 0 Å². The molecule has 0 amide bonds. The third kappa shape index (κ3) is 4.80. The normalized spacial score (nSPS) is 11.8. The lowest BCUT2D eigenvalue weighted by Gasteiger charge is -2.20. The third-order valence-electron chi connectivity index (χ3n) is 3.41. The van der Waals surface area contributed by atoms with Gasteiger partial charge >= 0.3 is 0 Å². The standard InChI is InChI=1S/C16H19ClN2O2S/c1-2-19(12-9-14-7-10-18-11-8-14)22(20,21)13-15-3-5-16(17)6-4-15/h3-8,10-11H,2,9,12-13H2,1H3. The molecule has 1 heterocycles. The Morgan fingerprint density at radius 1 is 1.05 bits per heavy atom. The summed E-state index contributed by atoms with van der Waals surface area (Å²) in [5.74, 6) is -0.00560. The molecular weight excluding hydrogens is 320 g/mol. The van der Waals surface area contributed by atoms with Crippen LogP contribution in [0.25, 0.3) is 0 Å². The summed E-state index contributed by atoms with van der Waals surface area (Å²) in [7, 11) is -3.33. The molecule has 0 spiro atoms. The maximum absolute atomic E-state index is 12.5. The summed E-state index contributed by atoms with van der Waals surface area (Å²) >= 11 is 5.83. The van der Waals surface area contributed by atoms with Crippen molar-refractivity contribution in [3.63, 3.8) is 0 Å². The molecule has 0 N–H and O–H groups in total. The van der Waals surface area contributed by atoms with E-state index in [2.05, 4.69) is 4.98 Å². The van der Waals surface area contributed by atoms with Gasteiger partial charge in [-0.25, -0.2) is 12.7 Å². The summed E-state index contributed by atoms with van der Waals surface area (Å²) in [5, 5.41) is 0.603. The van der Waals surface area contributed by atoms with E-state index < -0.39 is 10.0 Å². The van der Waals surface area contributed by atoms with Crippen LogP contribution in [0.1, 0.15) is 18.1 Å². The second kappa shape index (κ2) is 7.72. The molecular formula is C16H19ClN2O2S. The first kappa shape index (κ1) is 16.9. The highest BCUT2D eigenvalue weighted by molar-refractivity contribution is 7.88. The highest BCUT2D eigenvalue weighted by Gasteiger charge is 2.20. The molecule has 1 aromatic heterocycles. The molecule has 22 heavy (non-hydrogen) atoms. The fraction of sp³-hybridized carbons (Fsp3) is 0.312. The smallest absolute Gasteiger partial charge is 0.218 e. The van der Waals surface area contributed by atoms with Crippen LogP contribution in [0, 0.1) is 0 Å². The molecule has 0 aliphatic carbocycles. The van der Waals surface area contributed by atoms with Crippen LogP contribution in [0.2, 0.25) is 5.02 Å². The van der Waals surface area contributed by atoms with E-state index in [1.54, 1.807) is 36.7 Å². The Morgan fingerprint density at radius 3 is 2.27 bits per heavy atom. The summed E-state index contributed by atoms with van der Waals surface area (Å²) in [5.41, 5.74) is 1.82. The molecule has 0 saturated heterocycles. The summed E-state index contributed by atoms with van der Waals surface area (Å²) in [6.45, 7) is 2.78. The zero-order chi connectivity index (χ0) is 16.0. The first-order chi connectivity index (χ1) is 10.5. The fourth-order valence-corrected chi connectivity index (χ4v) is 3.86. The van der Waals surface area contributed by atoms with Crippen molar-refractivity contribution in [1.29, 1.82) is 0 Å². The minimum Gasteiger partial charge on any atom is -0.265 e. The maximum Gasteiger partial charge on any atom is 0.218 e. The number of likely N-dealkylation sites (N-methyl/N-ethyl adjacent to an activating group) is 1. The lowest BCUT2D eigenvalue weighted by Crippen LogP contribution is -2.33. The van der Waals surface area contributed by atoms with Gasteiger partial charge in [-0.05, 0) is 41.8 Å². The Kier molecular flexibility index (Phi) is 5.94. The topological polar surface area (TPSA) is 50.3 Å². The Bertz CT molecular complexity index is 688. The van der Waals surface area contributed by atoms with Crippen LogP contribution in [-0.2, 0) is 22.2 Å². The van der Waals surface area contributed by atoms with Gasteiger partial charge in [-0.15, -0.1) is 0 Å². The molecule has 1 aromatic carbocycles. The second-order valence-corrected chi connectivity index (χ2v) is 7.39. The molecule has 2 rings (SSSR count). The molecule has 0 aliphatic heterocycles. The summed E-state index contributed by atoms with van der Waals surface area (Å²) < 4.78 is 26.6. The quantitative estimate of drug-likeness (QED) is 0.779. The lowest BCUT2D eigenvalue weighted by molar-refractivity contribution is 0.430. The highest BCUT2D eigenvalue weighted by Crippen LogP contribution is 2.15. The van der Waals surface area contributed by atoms with Crippen molar-refractivity contribution in [1.82, 2.24) is 9.29 Å². The van der Waals surface area contributed by atoms with Crippen molar-refractivity contribution in [2.45, 2.75) is 19.1 Å². The van der Waals surface area contributed by atoms with Gasteiger partial charge in [-0.3, -0.25) is 4.98 Å². The SMILES string of the molecule is CCN(CCc1ccncc1)S(=O)(=O)Cc1ccc(Cl)cc1. The lowest BCUT2D eigenvalue weighted by atomic mass is 10.2. The van der Waals surface area contributed by atoms with Crippen LogP contribution in [0.15, 0.2) is 48.8 Å². The van der Waals surface area contributed by atoms with Gasteiger partial charge in [0.25, 0.3) is 0 Å². The van der Waals surface area contributed by atoms with Gasteiger partial charge in [-0.2, -0.15) is 0 Å². The van der Waals surface area contributed by atoms with Crippen molar-refractivity contribution in [3.8, 4) is 0 Å². The highest BCUT2D eigenvalue weighted by atomic mass is 35.5. The van der Waals surface area contributed by atoms with E-state index in [0.29, 0.717) is 24.5 Å². The predicted molar refractivity (Wildman–Crippen MR) is 89.3 cm³/mol. The van der Waals surface area contributed by atoms with Crippen LogP contribution >= 0.6 is 11.6 Å². The van der Waals surface area contributed by atoms with E-state index in [0.717, 1.165) is 11.1 Å². The first-order valence-corrected chi connectivity index (χ1v) is 9.11. The van der Waals surface area contributed by atoms with E-state index in [9.17, 15) is 8.42 Å². The van der Waals surface area contributed by atoms with Crippen LogP contribution in [-0.4, -0.2) is 30.8 Å². The molecule has 0 bridgehead atoms. The number of halogens is 1. The Balaban J connectivity index is 2.03. The number of sulfonamides is 1. The number of rotatable bonds is 7. The molecule has 0 fully saturated rings. The summed E-state index contributed by atoms with van der Waals surface area (Å²) in [4.78, 5) is 3.96. The Hall–Kier alpha value is -1.43. The molecule has 0 radical (unpaired) electrons. The Labute approximate surface area is 136 Å².